The number of rotatable bonds is 5. The van der Waals surface area contributed by atoms with E-state index in [-0.39, 0.29) is 6.04 Å². The zero-order valence-electron chi connectivity index (χ0n) is 19.0. The van der Waals surface area contributed by atoms with Gasteiger partial charge in [-0.2, -0.15) is 5.10 Å². The molecule has 1 aliphatic heterocycles. The van der Waals surface area contributed by atoms with Gasteiger partial charge in [0.15, 0.2) is 5.65 Å². The van der Waals surface area contributed by atoms with E-state index in [4.69, 9.17) is 20.3 Å². The average Bonchev–Trinajstić information content (AvgIpc) is 3.46. The van der Waals surface area contributed by atoms with Crippen molar-refractivity contribution in [3.05, 3.63) is 36.0 Å². The van der Waals surface area contributed by atoms with Crippen molar-refractivity contribution in [3.63, 3.8) is 0 Å². The Morgan fingerprint density at radius 2 is 1.85 bits per heavy atom. The van der Waals surface area contributed by atoms with Crippen molar-refractivity contribution in [2.24, 2.45) is 0 Å². The molecule has 4 aromatic rings. The van der Waals surface area contributed by atoms with Gasteiger partial charge < -0.3 is 15.6 Å². The molecule has 0 radical (unpaired) electrons. The van der Waals surface area contributed by atoms with Crippen LogP contribution >= 0.6 is 0 Å². The lowest BCUT2D eigenvalue weighted by Gasteiger charge is -2.22. The predicted molar refractivity (Wildman–Crippen MR) is 126 cm³/mol. The largest absolute Gasteiger partial charge is 0.383 e. The number of fused-ring (bicyclic) bond motifs is 1. The molecule has 0 atom stereocenters. The Bertz CT molecular complexity index is 1300. The lowest BCUT2D eigenvalue weighted by molar-refractivity contribution is 0.386. The first-order valence-electron chi connectivity index (χ1n) is 11.8. The number of nitrogens with zero attached hydrogens (tertiary/aromatic N) is 6. The Kier molecular flexibility index (Phi) is 4.86. The maximum Gasteiger partial charge on any atom is 0.164 e. The molecule has 0 spiro atoms. The van der Waals surface area contributed by atoms with E-state index in [2.05, 4.69) is 46.4 Å². The molecule has 170 valence electrons. The van der Waals surface area contributed by atoms with Crippen molar-refractivity contribution in [3.8, 4) is 22.6 Å². The number of pyridine rings is 1. The summed E-state index contributed by atoms with van der Waals surface area (Å²) >= 11 is 0. The highest BCUT2D eigenvalue weighted by Crippen LogP contribution is 2.48. The van der Waals surface area contributed by atoms with E-state index in [9.17, 15) is 0 Å². The van der Waals surface area contributed by atoms with Crippen LogP contribution in [0.5, 0.6) is 0 Å². The number of hydrogen-bond donors (Lipinski definition) is 2. The lowest BCUT2D eigenvalue weighted by Crippen LogP contribution is -2.26. The van der Waals surface area contributed by atoms with Crippen molar-refractivity contribution in [1.82, 2.24) is 35.2 Å². The van der Waals surface area contributed by atoms with Crippen LogP contribution in [0.3, 0.4) is 0 Å². The first-order valence-corrected chi connectivity index (χ1v) is 11.8. The molecule has 1 saturated carbocycles. The van der Waals surface area contributed by atoms with Crippen LogP contribution in [-0.4, -0.2) is 43.0 Å². The molecular weight excluding hydrogens is 416 g/mol. The van der Waals surface area contributed by atoms with Crippen LogP contribution < -0.4 is 11.1 Å². The minimum atomic E-state index is 0.108. The smallest absolute Gasteiger partial charge is 0.164 e. The third kappa shape index (κ3) is 3.47. The maximum absolute atomic E-state index is 6.29. The molecule has 4 aromatic heterocycles. The number of aromatic nitrogens is 6. The summed E-state index contributed by atoms with van der Waals surface area (Å²) in [5.41, 5.74) is 11.4. The van der Waals surface area contributed by atoms with Crippen molar-refractivity contribution in [2.75, 3.05) is 18.8 Å². The second-order valence-electron chi connectivity index (χ2n) is 9.39. The van der Waals surface area contributed by atoms with Crippen LogP contribution in [-0.2, 0) is 0 Å². The first-order chi connectivity index (χ1) is 16.1. The quantitative estimate of drug-likeness (QED) is 0.473. The maximum atomic E-state index is 6.29. The highest BCUT2D eigenvalue weighted by molar-refractivity contribution is 6.00. The lowest BCUT2D eigenvalue weighted by atomic mass is 9.91. The molecule has 0 unspecified atom stereocenters. The zero-order valence-corrected chi connectivity index (χ0v) is 19.0. The molecule has 2 aliphatic rings. The van der Waals surface area contributed by atoms with Crippen molar-refractivity contribution >= 4 is 16.9 Å². The summed E-state index contributed by atoms with van der Waals surface area (Å²) in [6.45, 7) is 6.25. The summed E-state index contributed by atoms with van der Waals surface area (Å²) in [6.07, 6.45) is 7.97. The summed E-state index contributed by atoms with van der Waals surface area (Å²) in [4.78, 5) is 13.6. The van der Waals surface area contributed by atoms with Crippen LogP contribution in [0.25, 0.3) is 33.7 Å². The number of nitrogen functional groups attached to an aromatic ring is 1. The molecule has 0 amide bonds. The summed E-state index contributed by atoms with van der Waals surface area (Å²) in [5.74, 6) is 2.20. The third-order valence-electron chi connectivity index (χ3n) is 6.75. The van der Waals surface area contributed by atoms with Crippen LogP contribution in [0, 0.1) is 0 Å². The van der Waals surface area contributed by atoms with Gasteiger partial charge in [0.1, 0.15) is 29.3 Å². The molecule has 1 aliphatic carbocycles. The molecule has 9 heteroatoms. The number of piperidine rings is 1. The molecular formula is C24H28N8O. The van der Waals surface area contributed by atoms with Gasteiger partial charge in [-0.25, -0.2) is 14.6 Å². The second-order valence-corrected chi connectivity index (χ2v) is 9.39. The minimum absolute atomic E-state index is 0.108. The molecule has 1 saturated heterocycles. The van der Waals surface area contributed by atoms with Gasteiger partial charge in [-0.3, -0.25) is 4.98 Å². The van der Waals surface area contributed by atoms with E-state index in [1.165, 1.54) is 11.9 Å². The van der Waals surface area contributed by atoms with E-state index in [1.54, 1.807) is 0 Å². The fourth-order valence-corrected chi connectivity index (χ4v) is 4.81. The Morgan fingerprint density at radius 1 is 1.03 bits per heavy atom. The summed E-state index contributed by atoms with van der Waals surface area (Å²) in [7, 11) is 0. The first kappa shape index (κ1) is 20.3. The molecule has 6 rings (SSSR count). The Balaban J connectivity index is 1.49. The van der Waals surface area contributed by atoms with Gasteiger partial charge in [0.05, 0.1) is 16.6 Å². The van der Waals surface area contributed by atoms with Gasteiger partial charge >= 0.3 is 0 Å². The second kappa shape index (κ2) is 7.91. The van der Waals surface area contributed by atoms with E-state index in [0.717, 1.165) is 55.8 Å². The van der Waals surface area contributed by atoms with E-state index in [0.29, 0.717) is 40.1 Å². The van der Waals surface area contributed by atoms with Gasteiger partial charge in [0.2, 0.25) is 0 Å². The Hall–Kier alpha value is -3.33. The Labute approximate surface area is 191 Å². The summed E-state index contributed by atoms with van der Waals surface area (Å²) in [5, 5.41) is 13.5. The molecule has 3 N–H and O–H groups in total. The molecule has 0 aromatic carbocycles. The highest BCUT2D eigenvalue weighted by Gasteiger charge is 2.35. The normalized spacial score (nSPS) is 17.3. The van der Waals surface area contributed by atoms with Crippen molar-refractivity contribution in [1.29, 1.82) is 0 Å². The highest BCUT2D eigenvalue weighted by atomic mass is 16.5. The topological polar surface area (TPSA) is 121 Å². The van der Waals surface area contributed by atoms with Crippen LogP contribution in [0.1, 0.15) is 68.7 Å². The van der Waals surface area contributed by atoms with E-state index >= 15 is 0 Å². The van der Waals surface area contributed by atoms with Crippen LogP contribution in [0.15, 0.2) is 29.2 Å². The van der Waals surface area contributed by atoms with Gasteiger partial charge in [-0.05, 0) is 70.2 Å². The number of nitrogens with two attached hydrogens (primary N) is 1. The van der Waals surface area contributed by atoms with Crippen LogP contribution in [0.2, 0.25) is 0 Å². The fourth-order valence-electron chi connectivity index (χ4n) is 4.81. The zero-order chi connectivity index (χ0) is 22.5. The molecule has 5 heterocycles. The summed E-state index contributed by atoms with van der Waals surface area (Å²) in [6, 6.07) is 4.41. The van der Waals surface area contributed by atoms with E-state index in [1.807, 2.05) is 10.9 Å². The SMILES string of the molecule is CC(C)n1nc(-c2noc(C3CC3)c2-c2ccc(C3CCNCC3)cn2)c2c(N)ncnc21. The van der Waals surface area contributed by atoms with Crippen molar-refractivity contribution < 1.29 is 4.52 Å². The van der Waals surface area contributed by atoms with Crippen molar-refractivity contribution in [2.45, 2.75) is 57.4 Å². The predicted octanol–water partition coefficient (Wildman–Crippen LogP) is 4.05. The van der Waals surface area contributed by atoms with Gasteiger partial charge in [-0.1, -0.05) is 11.2 Å². The molecule has 9 nitrogen and oxygen atoms in total. The van der Waals surface area contributed by atoms with Gasteiger partial charge in [0.25, 0.3) is 0 Å². The number of hydrogen-bond acceptors (Lipinski definition) is 8. The standard InChI is InChI=1S/C24H28N8O/c1-13(2)32-24-19(23(25)28-12-29-24)20(30-32)21-18(22(33-31-21)15-3-4-15)17-6-5-16(11-27-17)14-7-9-26-10-8-14/h5-6,11-15,26H,3-4,7-10H2,1-2H3,(H2,25,28,29). The minimum Gasteiger partial charge on any atom is -0.383 e. The Morgan fingerprint density at radius 3 is 2.55 bits per heavy atom. The third-order valence-corrected chi connectivity index (χ3v) is 6.75. The molecule has 0 bridgehead atoms. The van der Waals surface area contributed by atoms with Gasteiger partial charge in [-0.15, -0.1) is 0 Å². The van der Waals surface area contributed by atoms with Gasteiger partial charge in [0, 0.05) is 18.2 Å². The average molecular weight is 445 g/mol. The molecule has 33 heavy (non-hydrogen) atoms. The number of nitrogens with one attached hydrogen (secondary N) is 1. The number of anilines is 1. The fraction of sp³-hybridized carbons (Fsp3) is 0.458. The van der Waals surface area contributed by atoms with E-state index < -0.39 is 0 Å². The monoisotopic (exact) mass is 444 g/mol. The molecule has 2 fully saturated rings. The summed E-state index contributed by atoms with van der Waals surface area (Å²) < 4.78 is 7.77. The van der Waals surface area contributed by atoms with Crippen LogP contribution in [0.4, 0.5) is 5.82 Å².